The molecule has 0 aliphatic carbocycles. The molecule has 0 aromatic heterocycles. The Morgan fingerprint density at radius 3 is 2.19 bits per heavy atom. The lowest BCUT2D eigenvalue weighted by Crippen LogP contribution is -2.16. The predicted octanol–water partition coefficient (Wildman–Crippen LogP) is 4.40. The molecule has 0 atom stereocenters. The molecule has 2 N–H and O–H groups in total. The first-order valence-corrected chi connectivity index (χ1v) is 6.24. The van der Waals surface area contributed by atoms with Crippen LogP contribution in [0.1, 0.15) is 5.56 Å². The van der Waals surface area contributed by atoms with Crippen molar-refractivity contribution in [3.05, 3.63) is 53.1 Å². The summed E-state index contributed by atoms with van der Waals surface area (Å²) in [5.41, 5.74) is 6.83. The SMILES string of the molecule is Nc1ccc(COc2ccc(OC(F)(F)F)cc2)c(Cl)c1. The number of benzene rings is 2. The van der Waals surface area contributed by atoms with E-state index < -0.39 is 6.36 Å². The highest BCUT2D eigenvalue weighted by Crippen LogP contribution is 2.26. The van der Waals surface area contributed by atoms with E-state index in [-0.39, 0.29) is 12.4 Å². The van der Waals surface area contributed by atoms with Gasteiger partial charge in [-0.3, -0.25) is 0 Å². The monoisotopic (exact) mass is 317 g/mol. The summed E-state index contributed by atoms with van der Waals surface area (Å²) in [6, 6.07) is 10.1. The minimum absolute atomic E-state index is 0.179. The number of alkyl halides is 3. The third-order valence-corrected chi connectivity index (χ3v) is 2.88. The van der Waals surface area contributed by atoms with Crippen LogP contribution in [0.25, 0.3) is 0 Å². The van der Waals surface area contributed by atoms with Gasteiger partial charge in [-0.25, -0.2) is 0 Å². The summed E-state index contributed by atoms with van der Waals surface area (Å²) in [5.74, 6) is 0.0952. The van der Waals surface area contributed by atoms with Crippen LogP contribution in [0.5, 0.6) is 11.5 Å². The number of anilines is 1. The van der Waals surface area contributed by atoms with Crippen LogP contribution >= 0.6 is 11.6 Å². The number of hydrogen-bond donors (Lipinski definition) is 1. The first kappa shape index (κ1) is 15.3. The Hall–Kier alpha value is -2.08. The average Bonchev–Trinajstić information content (AvgIpc) is 2.38. The van der Waals surface area contributed by atoms with Crippen molar-refractivity contribution in [3.8, 4) is 11.5 Å². The van der Waals surface area contributed by atoms with E-state index in [0.29, 0.717) is 16.5 Å². The molecule has 0 spiro atoms. The van der Waals surface area contributed by atoms with E-state index in [9.17, 15) is 13.2 Å². The van der Waals surface area contributed by atoms with Crippen LogP contribution in [0.2, 0.25) is 5.02 Å². The Labute approximate surface area is 124 Å². The Bertz CT molecular complexity index is 615. The van der Waals surface area contributed by atoms with Gasteiger partial charge in [0.05, 0.1) is 0 Å². The minimum Gasteiger partial charge on any atom is -0.489 e. The Kier molecular flexibility index (Phi) is 4.47. The van der Waals surface area contributed by atoms with E-state index in [4.69, 9.17) is 22.1 Å². The molecule has 21 heavy (non-hydrogen) atoms. The van der Waals surface area contributed by atoms with E-state index in [1.807, 2.05) is 0 Å². The first-order chi connectivity index (χ1) is 9.83. The number of halogens is 4. The van der Waals surface area contributed by atoms with Gasteiger partial charge in [-0.1, -0.05) is 17.7 Å². The Morgan fingerprint density at radius 2 is 1.62 bits per heavy atom. The van der Waals surface area contributed by atoms with E-state index in [2.05, 4.69) is 4.74 Å². The Morgan fingerprint density at radius 1 is 1.00 bits per heavy atom. The maximum Gasteiger partial charge on any atom is 0.573 e. The number of rotatable bonds is 4. The normalized spacial score (nSPS) is 11.2. The molecule has 0 saturated heterocycles. The lowest BCUT2D eigenvalue weighted by Gasteiger charge is -2.11. The zero-order valence-corrected chi connectivity index (χ0v) is 11.4. The molecule has 0 heterocycles. The molecule has 2 aromatic carbocycles. The van der Waals surface area contributed by atoms with E-state index in [1.165, 1.54) is 24.3 Å². The molecule has 0 aliphatic heterocycles. The molecule has 7 heteroatoms. The van der Waals surface area contributed by atoms with Gasteiger partial charge in [0.15, 0.2) is 0 Å². The lowest BCUT2D eigenvalue weighted by molar-refractivity contribution is -0.274. The molecule has 0 amide bonds. The molecule has 2 aromatic rings. The summed E-state index contributed by atoms with van der Waals surface area (Å²) in [4.78, 5) is 0. The molecule has 0 fully saturated rings. The lowest BCUT2D eigenvalue weighted by atomic mass is 10.2. The highest BCUT2D eigenvalue weighted by Gasteiger charge is 2.30. The second-order valence-corrected chi connectivity index (χ2v) is 4.57. The van der Waals surface area contributed by atoms with Crippen LogP contribution in [-0.4, -0.2) is 6.36 Å². The van der Waals surface area contributed by atoms with Crippen LogP contribution in [0.3, 0.4) is 0 Å². The Balaban J connectivity index is 1.97. The third kappa shape index (κ3) is 4.75. The summed E-state index contributed by atoms with van der Waals surface area (Å²) in [6.07, 6.45) is -4.71. The van der Waals surface area contributed by atoms with E-state index in [0.717, 1.165) is 5.56 Å². The van der Waals surface area contributed by atoms with Gasteiger partial charge < -0.3 is 15.2 Å². The number of nitrogen functional groups attached to an aromatic ring is 1. The highest BCUT2D eigenvalue weighted by atomic mass is 35.5. The van der Waals surface area contributed by atoms with Crippen LogP contribution in [0.4, 0.5) is 18.9 Å². The molecular formula is C14H11ClF3NO2. The van der Waals surface area contributed by atoms with Gasteiger partial charge in [0.25, 0.3) is 0 Å². The van der Waals surface area contributed by atoms with Gasteiger partial charge in [-0.2, -0.15) is 0 Å². The number of nitrogens with two attached hydrogens (primary N) is 1. The van der Waals surface area contributed by atoms with Gasteiger partial charge >= 0.3 is 6.36 Å². The number of hydrogen-bond acceptors (Lipinski definition) is 3. The largest absolute Gasteiger partial charge is 0.573 e. The van der Waals surface area contributed by atoms with Gasteiger partial charge in [-0.15, -0.1) is 13.2 Å². The van der Waals surface area contributed by atoms with Crippen molar-refractivity contribution in [2.75, 3.05) is 5.73 Å². The fourth-order valence-electron chi connectivity index (χ4n) is 1.58. The molecule has 3 nitrogen and oxygen atoms in total. The maximum absolute atomic E-state index is 12.0. The molecular weight excluding hydrogens is 307 g/mol. The van der Waals surface area contributed by atoms with Crippen LogP contribution in [-0.2, 0) is 6.61 Å². The summed E-state index contributed by atoms with van der Waals surface area (Å²) in [7, 11) is 0. The molecule has 2 rings (SSSR count). The molecule has 0 saturated carbocycles. The second-order valence-electron chi connectivity index (χ2n) is 4.16. The predicted molar refractivity (Wildman–Crippen MR) is 73.3 cm³/mol. The molecule has 0 radical (unpaired) electrons. The van der Waals surface area contributed by atoms with Crippen molar-refractivity contribution in [2.24, 2.45) is 0 Å². The standard InChI is InChI=1S/C14H11ClF3NO2/c15-13-7-10(19)2-1-9(13)8-20-11-3-5-12(6-4-11)21-14(16,17)18/h1-7H,8,19H2. The minimum atomic E-state index is -4.71. The third-order valence-electron chi connectivity index (χ3n) is 2.53. The van der Waals surface area contributed by atoms with Gasteiger partial charge in [0, 0.05) is 16.3 Å². The molecule has 0 aliphatic rings. The molecule has 0 bridgehead atoms. The average molecular weight is 318 g/mol. The van der Waals surface area contributed by atoms with Gasteiger partial charge in [0.1, 0.15) is 18.1 Å². The fourth-order valence-corrected chi connectivity index (χ4v) is 1.82. The van der Waals surface area contributed by atoms with Crippen molar-refractivity contribution >= 4 is 17.3 Å². The van der Waals surface area contributed by atoms with Crippen molar-refractivity contribution in [2.45, 2.75) is 13.0 Å². The zero-order valence-electron chi connectivity index (χ0n) is 10.7. The van der Waals surface area contributed by atoms with Crippen molar-refractivity contribution < 1.29 is 22.6 Å². The van der Waals surface area contributed by atoms with Crippen LogP contribution < -0.4 is 15.2 Å². The van der Waals surface area contributed by atoms with Gasteiger partial charge in [-0.05, 0) is 36.4 Å². The highest BCUT2D eigenvalue weighted by molar-refractivity contribution is 6.31. The fraction of sp³-hybridized carbons (Fsp3) is 0.143. The summed E-state index contributed by atoms with van der Waals surface area (Å²) in [5, 5.41) is 0.465. The quantitative estimate of drug-likeness (QED) is 0.850. The van der Waals surface area contributed by atoms with Crippen LogP contribution in [0.15, 0.2) is 42.5 Å². The van der Waals surface area contributed by atoms with E-state index >= 15 is 0 Å². The van der Waals surface area contributed by atoms with Crippen molar-refractivity contribution in [1.29, 1.82) is 0 Å². The summed E-state index contributed by atoms with van der Waals surface area (Å²) >= 11 is 5.99. The van der Waals surface area contributed by atoms with Crippen molar-refractivity contribution in [1.82, 2.24) is 0 Å². The topological polar surface area (TPSA) is 44.5 Å². The van der Waals surface area contributed by atoms with Crippen molar-refractivity contribution in [3.63, 3.8) is 0 Å². The second kappa shape index (κ2) is 6.13. The maximum atomic E-state index is 12.0. The van der Waals surface area contributed by atoms with Crippen LogP contribution in [0, 0.1) is 0 Å². The summed E-state index contributed by atoms with van der Waals surface area (Å²) in [6.45, 7) is 0.179. The molecule has 112 valence electrons. The number of ether oxygens (including phenoxy) is 2. The molecule has 0 unspecified atom stereocenters. The van der Waals surface area contributed by atoms with E-state index in [1.54, 1.807) is 18.2 Å². The zero-order chi connectivity index (χ0) is 15.5. The first-order valence-electron chi connectivity index (χ1n) is 5.86. The van der Waals surface area contributed by atoms with Gasteiger partial charge in [0.2, 0.25) is 0 Å². The summed E-state index contributed by atoms with van der Waals surface area (Å²) < 4.78 is 45.2. The smallest absolute Gasteiger partial charge is 0.489 e.